The molecule has 25 heavy (non-hydrogen) atoms. The highest BCUT2D eigenvalue weighted by atomic mass is 32.2. The van der Waals surface area contributed by atoms with E-state index in [0.29, 0.717) is 16.8 Å². The van der Waals surface area contributed by atoms with Gasteiger partial charge in [0, 0.05) is 17.4 Å². The fourth-order valence-electron chi connectivity index (χ4n) is 2.40. The molecule has 0 saturated carbocycles. The van der Waals surface area contributed by atoms with Gasteiger partial charge in [-0.25, -0.2) is 9.19 Å². The number of imidazole rings is 1. The molecule has 0 saturated heterocycles. The van der Waals surface area contributed by atoms with E-state index in [2.05, 4.69) is 4.98 Å². The van der Waals surface area contributed by atoms with Gasteiger partial charge in [-0.1, -0.05) is 42.5 Å². The van der Waals surface area contributed by atoms with Crippen molar-refractivity contribution in [3.63, 3.8) is 0 Å². The van der Waals surface area contributed by atoms with Crippen molar-refractivity contribution in [1.82, 2.24) is 9.55 Å². The Morgan fingerprint density at radius 2 is 1.68 bits per heavy atom. The molecule has 2 aromatic carbocycles. The van der Waals surface area contributed by atoms with Crippen LogP contribution in [0.1, 0.15) is 11.3 Å². The molecule has 1 N–H and O–H groups in total. The van der Waals surface area contributed by atoms with Gasteiger partial charge in [0.25, 0.3) is 0 Å². The van der Waals surface area contributed by atoms with E-state index in [-0.39, 0.29) is 11.6 Å². The third kappa shape index (κ3) is 3.97. The van der Waals surface area contributed by atoms with Gasteiger partial charge in [0.1, 0.15) is 5.82 Å². The number of benzene rings is 2. The van der Waals surface area contributed by atoms with Crippen molar-refractivity contribution >= 4 is 11.1 Å². The molecule has 8 heteroatoms. The van der Waals surface area contributed by atoms with E-state index in [1.807, 2.05) is 0 Å². The average Bonchev–Trinajstić information content (AvgIpc) is 3.01. The highest BCUT2D eigenvalue weighted by Gasteiger charge is 2.35. The number of nitrogens with zero attached hydrogens (tertiary/aromatic N) is 2. The molecule has 4 nitrogen and oxygen atoms in total. The Balaban J connectivity index is 2.08. The van der Waals surface area contributed by atoms with Gasteiger partial charge in [0.05, 0.1) is 5.75 Å². The van der Waals surface area contributed by atoms with Crippen LogP contribution >= 0.6 is 0 Å². The fourth-order valence-corrected chi connectivity index (χ4v) is 2.88. The summed E-state index contributed by atoms with van der Waals surface area (Å²) in [5.41, 5.74) is 0.668. The first-order valence-electron chi connectivity index (χ1n) is 7.23. The lowest BCUT2D eigenvalue weighted by atomic mass is 10.2. The molecule has 0 aliphatic heterocycles. The van der Waals surface area contributed by atoms with Crippen molar-refractivity contribution in [1.29, 1.82) is 0 Å². The number of halogens is 3. The second-order valence-corrected chi connectivity index (χ2v) is 6.25. The van der Waals surface area contributed by atoms with Crippen molar-refractivity contribution < 1.29 is 21.9 Å². The minimum absolute atomic E-state index is 0.0381. The molecule has 3 aromatic rings. The second kappa shape index (κ2) is 6.81. The number of hydrogen-bond acceptors (Lipinski definition) is 2. The number of rotatable bonds is 4. The molecule has 1 heterocycles. The third-order valence-electron chi connectivity index (χ3n) is 3.53. The van der Waals surface area contributed by atoms with Crippen LogP contribution in [-0.2, 0) is 23.0 Å². The topological polar surface area (TPSA) is 55.1 Å². The Labute approximate surface area is 144 Å². The van der Waals surface area contributed by atoms with Gasteiger partial charge in [-0.2, -0.15) is 13.2 Å². The zero-order valence-electron chi connectivity index (χ0n) is 12.8. The van der Waals surface area contributed by atoms with E-state index in [0.717, 1.165) is 6.20 Å². The highest BCUT2D eigenvalue weighted by molar-refractivity contribution is 7.78. The molecule has 0 radical (unpaired) electrons. The Kier molecular flexibility index (Phi) is 4.73. The minimum atomic E-state index is -4.55. The molecular formula is C17H13F3N2O2S. The first kappa shape index (κ1) is 17.4. The van der Waals surface area contributed by atoms with Crippen molar-refractivity contribution in [3.05, 3.63) is 72.1 Å². The largest absolute Gasteiger partial charge is 0.434 e. The van der Waals surface area contributed by atoms with Crippen LogP contribution in [0, 0.1) is 0 Å². The second-order valence-electron chi connectivity index (χ2n) is 5.32. The van der Waals surface area contributed by atoms with Crippen LogP contribution in [0.25, 0.3) is 17.1 Å². The molecule has 3 rings (SSSR count). The summed E-state index contributed by atoms with van der Waals surface area (Å²) in [5.74, 6) is 0.134. The maximum absolute atomic E-state index is 13.1. The Bertz CT molecular complexity index is 891. The normalized spacial score (nSPS) is 13.0. The number of alkyl halides is 3. The first-order valence-corrected chi connectivity index (χ1v) is 8.51. The Morgan fingerprint density at radius 3 is 2.24 bits per heavy atom. The number of hydrogen-bond donors (Lipinski definition) is 1. The van der Waals surface area contributed by atoms with Gasteiger partial charge >= 0.3 is 6.18 Å². The maximum Gasteiger partial charge on any atom is 0.434 e. The lowest BCUT2D eigenvalue weighted by Gasteiger charge is -2.08. The summed E-state index contributed by atoms with van der Waals surface area (Å²) >= 11 is -1.98. The van der Waals surface area contributed by atoms with E-state index < -0.39 is 23.0 Å². The van der Waals surface area contributed by atoms with Crippen molar-refractivity contribution in [2.24, 2.45) is 0 Å². The lowest BCUT2D eigenvalue weighted by Crippen LogP contribution is -2.05. The van der Waals surface area contributed by atoms with Gasteiger partial charge in [0.2, 0.25) is 0 Å². The molecule has 1 atom stereocenters. The Morgan fingerprint density at radius 1 is 1.04 bits per heavy atom. The summed E-state index contributed by atoms with van der Waals surface area (Å²) in [5, 5.41) is 0. The van der Waals surface area contributed by atoms with Crippen molar-refractivity contribution in [2.75, 3.05) is 0 Å². The Hall–Kier alpha value is -2.45. The molecule has 0 aliphatic rings. The summed E-state index contributed by atoms with van der Waals surface area (Å²) < 4.78 is 60.4. The van der Waals surface area contributed by atoms with E-state index in [1.165, 1.54) is 4.57 Å². The van der Waals surface area contributed by atoms with Crippen LogP contribution in [0.15, 0.2) is 60.8 Å². The van der Waals surface area contributed by atoms with Gasteiger partial charge in [-0.05, 0) is 17.7 Å². The predicted molar refractivity (Wildman–Crippen MR) is 88.5 cm³/mol. The van der Waals surface area contributed by atoms with E-state index in [9.17, 15) is 17.4 Å². The molecule has 0 spiro atoms. The molecule has 0 aliphatic carbocycles. The van der Waals surface area contributed by atoms with Crippen LogP contribution in [0.2, 0.25) is 0 Å². The summed E-state index contributed by atoms with van der Waals surface area (Å²) in [4.78, 5) is 3.75. The SMILES string of the molecule is O=S(O)Cc1ccc(-n2cc(C(F)(F)F)nc2-c2ccccc2)cc1. The molecule has 0 amide bonds. The van der Waals surface area contributed by atoms with Gasteiger partial charge in [0.15, 0.2) is 16.8 Å². The molecule has 1 unspecified atom stereocenters. The average molecular weight is 366 g/mol. The van der Waals surface area contributed by atoms with Crippen LogP contribution in [0.5, 0.6) is 0 Å². The van der Waals surface area contributed by atoms with Crippen molar-refractivity contribution in [3.8, 4) is 17.1 Å². The predicted octanol–water partition coefficient (Wildman–Crippen LogP) is 4.28. The molecule has 0 bridgehead atoms. The van der Waals surface area contributed by atoms with Gasteiger partial charge in [-0.3, -0.25) is 4.57 Å². The summed E-state index contributed by atoms with van der Waals surface area (Å²) in [7, 11) is 0. The smallest absolute Gasteiger partial charge is 0.306 e. The van der Waals surface area contributed by atoms with Gasteiger partial charge in [-0.15, -0.1) is 0 Å². The summed E-state index contributed by atoms with van der Waals surface area (Å²) in [6.45, 7) is 0. The zero-order chi connectivity index (χ0) is 18.0. The van der Waals surface area contributed by atoms with Gasteiger partial charge < -0.3 is 4.55 Å². The highest BCUT2D eigenvalue weighted by Crippen LogP contribution is 2.32. The third-order valence-corrected chi connectivity index (χ3v) is 4.11. The summed E-state index contributed by atoms with van der Waals surface area (Å²) in [6, 6.07) is 15.0. The van der Waals surface area contributed by atoms with Crippen molar-refractivity contribution in [2.45, 2.75) is 11.9 Å². The first-order chi connectivity index (χ1) is 11.8. The quantitative estimate of drug-likeness (QED) is 0.701. The van der Waals surface area contributed by atoms with E-state index in [4.69, 9.17) is 4.55 Å². The van der Waals surface area contributed by atoms with Crippen LogP contribution in [0.4, 0.5) is 13.2 Å². The maximum atomic E-state index is 13.1. The molecule has 130 valence electrons. The lowest BCUT2D eigenvalue weighted by molar-refractivity contribution is -0.140. The molecule has 1 aromatic heterocycles. The van der Waals surface area contributed by atoms with E-state index in [1.54, 1.807) is 54.6 Å². The summed E-state index contributed by atoms with van der Waals surface area (Å²) in [6.07, 6.45) is -3.61. The van der Waals surface area contributed by atoms with Crippen LogP contribution in [-0.4, -0.2) is 18.3 Å². The monoisotopic (exact) mass is 366 g/mol. The standard InChI is InChI=1S/C17H13F3N2O2S/c18-17(19,20)15-10-22(16(21-15)13-4-2-1-3-5-13)14-8-6-12(7-9-14)11-25(23)24/h1-10H,11H2,(H,23,24). The minimum Gasteiger partial charge on any atom is -0.306 e. The molecular weight excluding hydrogens is 353 g/mol. The van der Waals surface area contributed by atoms with Crippen LogP contribution < -0.4 is 0 Å². The zero-order valence-corrected chi connectivity index (χ0v) is 13.6. The fraction of sp³-hybridized carbons (Fsp3) is 0.118. The van der Waals surface area contributed by atoms with Crippen LogP contribution in [0.3, 0.4) is 0 Å². The molecule has 0 fully saturated rings. The van der Waals surface area contributed by atoms with E-state index >= 15 is 0 Å². The number of aromatic nitrogens is 2.